The lowest BCUT2D eigenvalue weighted by Crippen LogP contribution is -2.53. The van der Waals surface area contributed by atoms with E-state index in [-0.39, 0.29) is 5.54 Å². The largest absolute Gasteiger partial charge is 0.508 e. The molecular formula is C29H37O3Si2. The zero-order valence-electron chi connectivity index (χ0n) is 20.7. The Hall–Kier alpha value is -2.29. The van der Waals surface area contributed by atoms with Crippen molar-refractivity contribution in [2.45, 2.75) is 38.8 Å². The minimum Gasteiger partial charge on any atom is -0.373 e. The molecule has 179 valence electrons. The summed E-state index contributed by atoms with van der Waals surface area (Å²) in [6.07, 6.45) is 2.83. The molecule has 0 aliphatic heterocycles. The van der Waals surface area contributed by atoms with Crippen LogP contribution in [0.5, 0.6) is 0 Å². The van der Waals surface area contributed by atoms with Gasteiger partial charge in [-0.3, -0.25) is 0 Å². The molecule has 0 aliphatic carbocycles. The summed E-state index contributed by atoms with van der Waals surface area (Å²) in [5.41, 5.74) is 2.37. The van der Waals surface area contributed by atoms with Crippen molar-refractivity contribution in [2.24, 2.45) is 0 Å². The molecule has 0 aliphatic rings. The third-order valence-corrected chi connectivity index (χ3v) is 12.3. The second-order valence-electron chi connectivity index (χ2n) is 8.08. The first-order valence-corrected chi connectivity index (χ1v) is 15.8. The molecule has 0 bridgehead atoms. The highest BCUT2D eigenvalue weighted by atomic mass is 28.4. The molecule has 0 heterocycles. The van der Waals surface area contributed by atoms with Gasteiger partial charge in [0.25, 0.3) is 0 Å². The fourth-order valence-corrected chi connectivity index (χ4v) is 10.6. The Labute approximate surface area is 208 Å². The third-order valence-electron chi connectivity index (χ3n) is 5.94. The van der Waals surface area contributed by atoms with Crippen molar-refractivity contribution in [1.82, 2.24) is 0 Å². The SMILES string of the molecule is C=Cc1cccc(C(CC[Si](c2ccccc2)c2ccccc2)[Si](OCC)(OCC)OCC)c1. The maximum atomic E-state index is 6.42. The molecule has 3 rings (SSSR count). The standard InChI is InChI=1S/C29H37O3Si2/c1-5-25-16-15-17-26(24-25)29(34(30-6-2,31-7-3)32-8-4)22-23-33(27-18-11-9-12-19-27)28-20-13-10-14-21-28/h5,9-21,24,29H,1,6-8,22-23H2,2-4H3. The summed E-state index contributed by atoms with van der Waals surface area (Å²) >= 11 is 0. The molecule has 5 heteroatoms. The molecule has 1 unspecified atom stereocenters. The van der Waals surface area contributed by atoms with Crippen molar-refractivity contribution in [1.29, 1.82) is 0 Å². The first-order valence-electron chi connectivity index (χ1n) is 12.3. The summed E-state index contributed by atoms with van der Waals surface area (Å²) in [4.78, 5) is 0. The highest BCUT2D eigenvalue weighted by Gasteiger charge is 2.50. The molecule has 0 spiro atoms. The number of hydrogen-bond donors (Lipinski definition) is 0. The van der Waals surface area contributed by atoms with Crippen LogP contribution in [0.2, 0.25) is 6.04 Å². The van der Waals surface area contributed by atoms with Gasteiger partial charge in [-0.15, -0.1) is 0 Å². The van der Waals surface area contributed by atoms with Gasteiger partial charge in [-0.25, -0.2) is 0 Å². The van der Waals surface area contributed by atoms with Crippen molar-refractivity contribution in [3.05, 3.63) is 103 Å². The quantitative estimate of drug-likeness (QED) is 0.272. The Balaban J connectivity index is 2.03. The second kappa shape index (κ2) is 13.6. The van der Waals surface area contributed by atoms with Gasteiger partial charge >= 0.3 is 8.80 Å². The molecule has 3 aromatic carbocycles. The predicted molar refractivity (Wildman–Crippen MR) is 147 cm³/mol. The van der Waals surface area contributed by atoms with Crippen molar-refractivity contribution < 1.29 is 13.3 Å². The van der Waals surface area contributed by atoms with Crippen LogP contribution in [-0.4, -0.2) is 37.4 Å². The fourth-order valence-electron chi connectivity index (χ4n) is 4.50. The van der Waals surface area contributed by atoms with Gasteiger partial charge in [-0.1, -0.05) is 114 Å². The lowest BCUT2D eigenvalue weighted by Gasteiger charge is -2.36. The first kappa shape index (κ1) is 26.3. The van der Waals surface area contributed by atoms with Crippen LogP contribution in [-0.2, 0) is 13.3 Å². The van der Waals surface area contributed by atoms with Crippen LogP contribution in [0.25, 0.3) is 6.08 Å². The molecule has 3 nitrogen and oxygen atoms in total. The lowest BCUT2D eigenvalue weighted by molar-refractivity contribution is 0.0611. The van der Waals surface area contributed by atoms with Gasteiger partial charge in [-0.2, -0.15) is 0 Å². The van der Waals surface area contributed by atoms with E-state index in [4.69, 9.17) is 13.3 Å². The maximum Gasteiger partial charge on any atom is 0.508 e. The maximum absolute atomic E-state index is 6.42. The molecule has 0 aromatic heterocycles. The summed E-state index contributed by atoms with van der Waals surface area (Å²) in [5, 5.41) is 2.85. The minimum absolute atomic E-state index is 0.0553. The van der Waals surface area contributed by atoms with Crippen LogP contribution >= 0.6 is 0 Å². The van der Waals surface area contributed by atoms with Crippen molar-refractivity contribution in [2.75, 3.05) is 19.8 Å². The smallest absolute Gasteiger partial charge is 0.373 e. The Bertz CT molecular complexity index is 938. The topological polar surface area (TPSA) is 27.7 Å². The molecule has 1 radical (unpaired) electrons. The van der Waals surface area contributed by atoms with E-state index in [0.717, 1.165) is 18.0 Å². The van der Waals surface area contributed by atoms with Crippen LogP contribution in [0, 0.1) is 0 Å². The Morgan fingerprint density at radius 3 is 1.76 bits per heavy atom. The molecule has 3 aromatic rings. The van der Waals surface area contributed by atoms with E-state index in [1.165, 1.54) is 15.9 Å². The zero-order valence-corrected chi connectivity index (χ0v) is 22.7. The molecule has 1 atom stereocenters. The highest BCUT2D eigenvalue weighted by Crippen LogP contribution is 2.35. The van der Waals surface area contributed by atoms with Gasteiger partial charge in [0.15, 0.2) is 0 Å². The molecule has 0 saturated heterocycles. The number of rotatable bonds is 14. The van der Waals surface area contributed by atoms with Gasteiger partial charge in [0.2, 0.25) is 0 Å². The van der Waals surface area contributed by atoms with E-state index in [2.05, 4.69) is 91.5 Å². The van der Waals surface area contributed by atoms with Crippen molar-refractivity contribution in [3.8, 4) is 0 Å². The average Bonchev–Trinajstić information content (AvgIpc) is 2.88. The van der Waals surface area contributed by atoms with E-state index in [1.807, 2.05) is 26.8 Å². The summed E-state index contributed by atoms with van der Waals surface area (Å²) in [7, 11) is -3.97. The van der Waals surface area contributed by atoms with Gasteiger partial charge in [0.1, 0.15) is 8.80 Å². The Morgan fingerprint density at radius 2 is 1.29 bits per heavy atom. The molecule has 0 fully saturated rings. The molecule has 0 amide bonds. The second-order valence-corrected chi connectivity index (χ2v) is 13.5. The van der Waals surface area contributed by atoms with E-state index in [0.29, 0.717) is 19.8 Å². The zero-order chi connectivity index (χ0) is 24.2. The van der Waals surface area contributed by atoms with Crippen LogP contribution in [0.3, 0.4) is 0 Å². The predicted octanol–water partition coefficient (Wildman–Crippen LogP) is 5.70. The van der Waals surface area contributed by atoms with Crippen LogP contribution in [0.4, 0.5) is 0 Å². The third kappa shape index (κ3) is 6.65. The van der Waals surface area contributed by atoms with Gasteiger partial charge in [-0.05, 0) is 38.3 Å². The monoisotopic (exact) mass is 489 g/mol. The lowest BCUT2D eigenvalue weighted by atomic mass is 10.1. The molecule has 34 heavy (non-hydrogen) atoms. The molecule has 0 saturated carbocycles. The summed E-state index contributed by atoms with van der Waals surface area (Å²) in [6.45, 7) is 11.8. The minimum atomic E-state index is -2.99. The van der Waals surface area contributed by atoms with Crippen LogP contribution in [0.15, 0.2) is 91.5 Å². The van der Waals surface area contributed by atoms with Gasteiger partial charge < -0.3 is 13.3 Å². The molecular weight excluding hydrogens is 452 g/mol. The van der Waals surface area contributed by atoms with Crippen LogP contribution < -0.4 is 10.4 Å². The van der Waals surface area contributed by atoms with Gasteiger partial charge in [0.05, 0.1) is 5.54 Å². The van der Waals surface area contributed by atoms with Gasteiger partial charge in [0, 0.05) is 19.8 Å². The summed E-state index contributed by atoms with van der Waals surface area (Å²) < 4.78 is 19.3. The van der Waals surface area contributed by atoms with E-state index in [9.17, 15) is 0 Å². The Kier molecular flexibility index (Phi) is 10.5. The average molecular weight is 490 g/mol. The van der Waals surface area contributed by atoms with Crippen molar-refractivity contribution in [3.63, 3.8) is 0 Å². The fraction of sp³-hybridized carbons (Fsp3) is 0.310. The van der Waals surface area contributed by atoms with E-state index < -0.39 is 17.6 Å². The van der Waals surface area contributed by atoms with E-state index in [1.54, 1.807) is 0 Å². The summed E-state index contributed by atoms with van der Waals surface area (Å²) in [6, 6.07) is 31.5. The normalized spacial score (nSPS) is 12.6. The highest BCUT2D eigenvalue weighted by molar-refractivity contribution is 6.85. The van der Waals surface area contributed by atoms with Crippen molar-refractivity contribution >= 4 is 34.1 Å². The van der Waals surface area contributed by atoms with E-state index >= 15 is 0 Å². The summed E-state index contributed by atoms with van der Waals surface area (Å²) in [5.74, 6) is 0. The Morgan fingerprint density at radius 1 is 0.765 bits per heavy atom. The van der Waals surface area contributed by atoms with Crippen LogP contribution in [0.1, 0.15) is 43.9 Å². The first-order chi connectivity index (χ1) is 16.7. The number of hydrogen-bond acceptors (Lipinski definition) is 3. The molecule has 0 N–H and O–H groups in total. The number of benzene rings is 3.